The van der Waals surface area contributed by atoms with Crippen LogP contribution in [0.5, 0.6) is 0 Å². The lowest BCUT2D eigenvalue weighted by molar-refractivity contribution is -0.138. The molecule has 0 aromatic carbocycles. The molecule has 1 saturated heterocycles. The van der Waals surface area contributed by atoms with E-state index in [1.165, 1.54) is 12.8 Å². The van der Waals surface area contributed by atoms with Crippen molar-refractivity contribution in [2.45, 2.75) is 44.9 Å². The standard InChI is InChI=1S/C14H24N2OS2/c15-12(18)14(6-3-1-2-4-7-14)13(17)16-8-5-10-19-11-9-16/h1-11H2,(H2,15,18). The Morgan fingerprint density at radius 1 is 1.05 bits per heavy atom. The number of carbonyl (C=O) groups is 1. The summed E-state index contributed by atoms with van der Waals surface area (Å²) in [6, 6.07) is 0. The number of hydrogen-bond donors (Lipinski definition) is 1. The van der Waals surface area contributed by atoms with Crippen molar-refractivity contribution in [3.63, 3.8) is 0 Å². The maximum Gasteiger partial charge on any atom is 0.235 e. The van der Waals surface area contributed by atoms with Crippen LogP contribution in [-0.4, -0.2) is 40.4 Å². The minimum absolute atomic E-state index is 0.212. The number of thioether (sulfide) groups is 1. The van der Waals surface area contributed by atoms with E-state index in [9.17, 15) is 4.79 Å². The second-order valence-corrected chi connectivity index (χ2v) is 7.28. The van der Waals surface area contributed by atoms with Crippen molar-refractivity contribution in [1.29, 1.82) is 0 Å². The van der Waals surface area contributed by atoms with Crippen LogP contribution >= 0.6 is 24.0 Å². The largest absolute Gasteiger partial charge is 0.392 e. The topological polar surface area (TPSA) is 46.3 Å². The molecule has 2 aliphatic rings. The molecule has 1 saturated carbocycles. The van der Waals surface area contributed by atoms with Gasteiger partial charge >= 0.3 is 0 Å². The SMILES string of the molecule is NC(=S)C1(C(=O)N2CCCSCC2)CCCCCC1. The minimum atomic E-state index is -0.541. The van der Waals surface area contributed by atoms with Gasteiger partial charge in [0.05, 0.1) is 10.4 Å². The van der Waals surface area contributed by atoms with E-state index in [0.29, 0.717) is 4.99 Å². The first-order chi connectivity index (χ1) is 9.17. The molecular formula is C14H24N2OS2. The molecule has 1 aliphatic carbocycles. The summed E-state index contributed by atoms with van der Waals surface area (Å²) in [5, 5.41) is 0. The molecule has 1 amide bonds. The first kappa shape index (κ1) is 15.1. The van der Waals surface area contributed by atoms with Gasteiger partial charge in [-0.25, -0.2) is 0 Å². The zero-order valence-electron chi connectivity index (χ0n) is 11.5. The Kier molecular flexibility index (Phi) is 5.51. The maximum atomic E-state index is 13.0. The molecule has 2 rings (SSSR count). The fourth-order valence-electron chi connectivity index (χ4n) is 3.15. The number of nitrogens with zero attached hydrogens (tertiary/aromatic N) is 1. The summed E-state index contributed by atoms with van der Waals surface area (Å²) < 4.78 is 0. The van der Waals surface area contributed by atoms with Gasteiger partial charge in [0.25, 0.3) is 0 Å². The Morgan fingerprint density at radius 2 is 1.74 bits per heavy atom. The van der Waals surface area contributed by atoms with Gasteiger partial charge in [-0.15, -0.1) is 0 Å². The highest BCUT2D eigenvalue weighted by molar-refractivity contribution is 7.99. The Morgan fingerprint density at radius 3 is 2.37 bits per heavy atom. The highest BCUT2D eigenvalue weighted by Crippen LogP contribution is 2.37. The van der Waals surface area contributed by atoms with Gasteiger partial charge in [0.2, 0.25) is 5.91 Å². The van der Waals surface area contributed by atoms with Gasteiger partial charge in [0.15, 0.2) is 0 Å². The monoisotopic (exact) mass is 300 g/mol. The van der Waals surface area contributed by atoms with E-state index in [1.807, 2.05) is 16.7 Å². The molecule has 5 heteroatoms. The summed E-state index contributed by atoms with van der Waals surface area (Å²) in [5.74, 6) is 2.41. The Bertz CT molecular complexity index is 330. The van der Waals surface area contributed by atoms with Crippen molar-refractivity contribution in [2.24, 2.45) is 11.1 Å². The van der Waals surface area contributed by atoms with Crippen LogP contribution in [0, 0.1) is 5.41 Å². The number of rotatable bonds is 2. The van der Waals surface area contributed by atoms with E-state index < -0.39 is 5.41 Å². The van der Waals surface area contributed by atoms with E-state index in [2.05, 4.69) is 0 Å². The van der Waals surface area contributed by atoms with Crippen molar-refractivity contribution in [1.82, 2.24) is 4.90 Å². The third-order valence-electron chi connectivity index (χ3n) is 4.35. The number of nitrogens with two attached hydrogens (primary N) is 1. The van der Waals surface area contributed by atoms with Crippen molar-refractivity contribution < 1.29 is 4.79 Å². The second-order valence-electron chi connectivity index (χ2n) is 5.62. The summed E-state index contributed by atoms with van der Waals surface area (Å²) in [6.45, 7) is 1.73. The molecule has 1 heterocycles. The number of thiocarbonyl (C=S) groups is 1. The van der Waals surface area contributed by atoms with Gasteiger partial charge in [0, 0.05) is 18.8 Å². The molecule has 0 bridgehead atoms. The molecule has 0 atom stereocenters. The maximum absolute atomic E-state index is 13.0. The van der Waals surface area contributed by atoms with Gasteiger partial charge in [0.1, 0.15) is 0 Å². The summed E-state index contributed by atoms with van der Waals surface area (Å²) in [4.78, 5) is 15.4. The Labute approximate surface area is 125 Å². The second kappa shape index (κ2) is 6.93. The lowest BCUT2D eigenvalue weighted by atomic mass is 9.78. The van der Waals surface area contributed by atoms with Crippen molar-refractivity contribution >= 4 is 34.9 Å². The summed E-state index contributed by atoms with van der Waals surface area (Å²) in [5.41, 5.74) is 5.46. The molecule has 2 N–H and O–H groups in total. The fraction of sp³-hybridized carbons (Fsp3) is 0.857. The highest BCUT2D eigenvalue weighted by atomic mass is 32.2. The van der Waals surface area contributed by atoms with Gasteiger partial charge in [-0.05, 0) is 25.0 Å². The number of hydrogen-bond acceptors (Lipinski definition) is 3. The lowest BCUT2D eigenvalue weighted by Gasteiger charge is -2.35. The van der Waals surface area contributed by atoms with Crippen LogP contribution in [0.25, 0.3) is 0 Å². The van der Waals surface area contributed by atoms with Crippen molar-refractivity contribution in [3.05, 3.63) is 0 Å². The van der Waals surface area contributed by atoms with Gasteiger partial charge in [-0.1, -0.05) is 37.9 Å². The highest BCUT2D eigenvalue weighted by Gasteiger charge is 2.43. The molecule has 0 aromatic rings. The summed E-state index contributed by atoms with van der Waals surface area (Å²) in [6.07, 6.45) is 7.35. The van der Waals surface area contributed by atoms with E-state index >= 15 is 0 Å². The third-order valence-corrected chi connectivity index (χ3v) is 5.79. The number of carbonyl (C=O) groups excluding carboxylic acids is 1. The molecule has 0 spiro atoms. The van der Waals surface area contributed by atoms with Gasteiger partial charge < -0.3 is 10.6 Å². The molecule has 3 nitrogen and oxygen atoms in total. The van der Waals surface area contributed by atoms with Crippen LogP contribution in [0.4, 0.5) is 0 Å². The van der Waals surface area contributed by atoms with E-state index in [4.69, 9.17) is 18.0 Å². The number of amides is 1. The van der Waals surface area contributed by atoms with Gasteiger partial charge in [-0.2, -0.15) is 11.8 Å². The lowest BCUT2D eigenvalue weighted by Crippen LogP contribution is -2.51. The minimum Gasteiger partial charge on any atom is -0.392 e. The van der Waals surface area contributed by atoms with Crippen LogP contribution in [-0.2, 0) is 4.79 Å². The molecule has 0 aromatic heterocycles. The van der Waals surface area contributed by atoms with Gasteiger partial charge in [-0.3, -0.25) is 4.79 Å². The molecular weight excluding hydrogens is 276 g/mol. The molecule has 1 aliphatic heterocycles. The smallest absolute Gasteiger partial charge is 0.235 e. The van der Waals surface area contributed by atoms with Crippen LogP contribution in [0.15, 0.2) is 0 Å². The van der Waals surface area contributed by atoms with Crippen molar-refractivity contribution in [2.75, 3.05) is 24.6 Å². The normalized spacial score (nSPS) is 24.3. The van der Waals surface area contributed by atoms with Crippen LogP contribution < -0.4 is 5.73 Å². The third kappa shape index (κ3) is 3.43. The predicted molar refractivity (Wildman–Crippen MR) is 85.4 cm³/mol. The van der Waals surface area contributed by atoms with E-state index in [-0.39, 0.29) is 5.91 Å². The summed E-state index contributed by atoms with van der Waals surface area (Å²) in [7, 11) is 0. The van der Waals surface area contributed by atoms with Crippen LogP contribution in [0.1, 0.15) is 44.9 Å². The molecule has 2 fully saturated rings. The van der Waals surface area contributed by atoms with E-state index in [0.717, 1.165) is 56.7 Å². The zero-order valence-corrected chi connectivity index (χ0v) is 13.2. The molecule has 0 unspecified atom stereocenters. The van der Waals surface area contributed by atoms with E-state index in [1.54, 1.807) is 0 Å². The predicted octanol–water partition coefficient (Wildman–Crippen LogP) is 2.58. The fourth-order valence-corrected chi connectivity index (χ4v) is 4.33. The Hall–Kier alpha value is -0.290. The average molecular weight is 300 g/mol. The quantitative estimate of drug-likeness (QED) is 0.629. The Balaban J connectivity index is 2.16. The summed E-state index contributed by atoms with van der Waals surface area (Å²) >= 11 is 7.23. The average Bonchev–Trinajstić information content (AvgIpc) is 2.81. The molecule has 0 radical (unpaired) electrons. The zero-order chi connectivity index (χ0) is 13.7. The van der Waals surface area contributed by atoms with Crippen molar-refractivity contribution in [3.8, 4) is 0 Å². The first-order valence-electron chi connectivity index (χ1n) is 7.34. The molecule has 108 valence electrons. The van der Waals surface area contributed by atoms with Crippen LogP contribution in [0.3, 0.4) is 0 Å². The van der Waals surface area contributed by atoms with Crippen LogP contribution in [0.2, 0.25) is 0 Å². The molecule has 19 heavy (non-hydrogen) atoms. The first-order valence-corrected chi connectivity index (χ1v) is 8.90.